The molecule has 0 saturated carbocycles. The Morgan fingerprint density at radius 3 is 1.50 bits per heavy atom. The molecule has 9 heteroatoms. The van der Waals surface area contributed by atoms with Crippen LogP contribution < -0.4 is 5.19 Å². The summed E-state index contributed by atoms with van der Waals surface area (Å²) >= 11 is 6.04. The predicted octanol–water partition coefficient (Wildman–Crippen LogP) is 3.65. The summed E-state index contributed by atoms with van der Waals surface area (Å²) in [6.45, 7) is 3.34. The molecule has 114 valence electrons. The van der Waals surface area contributed by atoms with E-state index in [2.05, 4.69) is 0 Å². The van der Waals surface area contributed by atoms with Crippen molar-refractivity contribution in [2.75, 3.05) is 0 Å². The lowest BCUT2D eigenvalue weighted by Crippen LogP contribution is -2.54. The van der Waals surface area contributed by atoms with E-state index in [-0.39, 0.29) is 0 Å². The molecule has 0 aliphatic heterocycles. The average Bonchev–Trinajstić information content (AvgIpc) is 2.24. The molecule has 1 aromatic carbocycles. The Bertz CT molecular complexity index is 460. The average molecular weight is 337 g/mol. The largest absolute Gasteiger partial charge is 0.430 e. The topological polar surface area (TPSA) is 20.2 Å². The third kappa shape index (κ3) is 2.96. The Balaban J connectivity index is 3.39. The van der Waals surface area contributed by atoms with Crippen LogP contribution in [0.3, 0.4) is 0 Å². The Morgan fingerprint density at radius 1 is 0.900 bits per heavy atom. The van der Waals surface area contributed by atoms with Crippen molar-refractivity contribution in [1.29, 1.82) is 0 Å². The zero-order chi connectivity index (χ0) is 16.0. The minimum Gasteiger partial charge on any atom is -0.369 e. The highest BCUT2D eigenvalue weighted by atomic mass is 35.6. The van der Waals surface area contributed by atoms with E-state index in [1.54, 1.807) is 13.1 Å². The highest BCUT2D eigenvalue weighted by Gasteiger charge is 2.71. The molecule has 1 nitrogen and oxygen atoms in total. The van der Waals surface area contributed by atoms with Gasteiger partial charge in [0.25, 0.3) is 5.60 Å². The maximum absolute atomic E-state index is 12.6. The van der Waals surface area contributed by atoms with Crippen LogP contribution in [0.4, 0.5) is 26.3 Å². The van der Waals surface area contributed by atoms with Gasteiger partial charge in [-0.05, 0) is 5.19 Å². The van der Waals surface area contributed by atoms with E-state index in [0.717, 1.165) is 12.1 Å². The molecule has 0 amide bonds. The molecule has 1 aromatic rings. The summed E-state index contributed by atoms with van der Waals surface area (Å²) in [5, 5.41) is 9.64. The third-order valence-corrected chi connectivity index (χ3v) is 5.17. The van der Waals surface area contributed by atoms with Crippen LogP contribution in [0.1, 0.15) is 5.56 Å². The molecule has 0 bridgehead atoms. The van der Waals surface area contributed by atoms with Crippen molar-refractivity contribution < 1.29 is 31.4 Å². The Labute approximate surface area is 116 Å². The fourth-order valence-electron chi connectivity index (χ4n) is 1.60. The van der Waals surface area contributed by atoms with Gasteiger partial charge in [-0.15, -0.1) is 0 Å². The van der Waals surface area contributed by atoms with Crippen molar-refractivity contribution in [2.24, 2.45) is 0 Å². The van der Waals surface area contributed by atoms with Crippen LogP contribution in [0.2, 0.25) is 13.1 Å². The highest BCUT2D eigenvalue weighted by Crippen LogP contribution is 2.49. The number of hydrogen-bond donors (Lipinski definition) is 1. The van der Waals surface area contributed by atoms with Crippen molar-refractivity contribution >= 4 is 23.6 Å². The maximum Gasteiger partial charge on any atom is 0.430 e. The van der Waals surface area contributed by atoms with Crippen LogP contribution in [0.15, 0.2) is 24.3 Å². The second-order valence-electron chi connectivity index (χ2n) is 4.76. The summed E-state index contributed by atoms with van der Waals surface area (Å²) in [6.07, 6.45) is -11.7. The van der Waals surface area contributed by atoms with Gasteiger partial charge in [-0.1, -0.05) is 37.4 Å². The minimum atomic E-state index is -5.87. The van der Waals surface area contributed by atoms with Gasteiger partial charge < -0.3 is 5.11 Å². The van der Waals surface area contributed by atoms with Crippen molar-refractivity contribution in [1.82, 2.24) is 0 Å². The van der Waals surface area contributed by atoms with Crippen LogP contribution in [0, 0.1) is 0 Å². The third-order valence-electron chi connectivity index (χ3n) is 2.81. The molecule has 1 N–H and O–H groups in total. The lowest BCUT2D eigenvalue weighted by molar-refractivity contribution is -0.376. The zero-order valence-electron chi connectivity index (χ0n) is 10.4. The second-order valence-corrected chi connectivity index (χ2v) is 11.1. The molecular formula is C11H11ClF6OSi. The second kappa shape index (κ2) is 4.92. The summed E-state index contributed by atoms with van der Waals surface area (Å²) in [4.78, 5) is 0. The number of aliphatic hydroxyl groups is 1. The van der Waals surface area contributed by atoms with Crippen LogP contribution in [-0.2, 0) is 5.60 Å². The Hall–Kier alpha value is -0.733. The van der Waals surface area contributed by atoms with Gasteiger partial charge >= 0.3 is 12.4 Å². The Morgan fingerprint density at radius 2 is 1.25 bits per heavy atom. The van der Waals surface area contributed by atoms with E-state index in [1.807, 2.05) is 0 Å². The minimum absolute atomic E-state index is 0.467. The first-order valence-corrected chi connectivity index (χ1v) is 9.38. The summed E-state index contributed by atoms with van der Waals surface area (Å²) in [6, 6.07) is 3.37. The zero-order valence-corrected chi connectivity index (χ0v) is 12.2. The molecule has 0 radical (unpaired) electrons. The first-order valence-electron chi connectivity index (χ1n) is 5.37. The SMILES string of the molecule is C[Si](C)(Cl)c1ccc(C(O)(C(F)(F)F)C(F)(F)F)cc1. The van der Waals surface area contributed by atoms with E-state index in [1.165, 1.54) is 0 Å². The van der Waals surface area contributed by atoms with Gasteiger partial charge in [-0.3, -0.25) is 0 Å². The van der Waals surface area contributed by atoms with E-state index >= 15 is 0 Å². The predicted molar refractivity (Wildman–Crippen MR) is 65.4 cm³/mol. The summed E-state index contributed by atoms with van der Waals surface area (Å²) in [5.74, 6) is 0. The smallest absolute Gasteiger partial charge is 0.369 e. The quantitative estimate of drug-likeness (QED) is 0.496. The van der Waals surface area contributed by atoms with Crippen molar-refractivity contribution in [2.45, 2.75) is 31.0 Å². The molecule has 0 aliphatic rings. The monoisotopic (exact) mass is 336 g/mol. The van der Waals surface area contributed by atoms with Crippen LogP contribution in [0.25, 0.3) is 0 Å². The molecule has 20 heavy (non-hydrogen) atoms. The summed E-state index contributed by atoms with van der Waals surface area (Å²) < 4.78 is 75.8. The highest BCUT2D eigenvalue weighted by molar-refractivity contribution is 7.26. The number of halogens is 7. The van der Waals surface area contributed by atoms with Crippen molar-refractivity contribution in [3.8, 4) is 0 Å². The molecule has 0 fully saturated rings. The van der Waals surface area contributed by atoms with Gasteiger partial charge in [0.15, 0.2) is 7.38 Å². The number of rotatable bonds is 2. The number of alkyl halides is 6. The molecule has 0 unspecified atom stereocenters. The first-order chi connectivity index (χ1) is 8.71. The first kappa shape index (κ1) is 17.3. The molecule has 0 heterocycles. The van der Waals surface area contributed by atoms with Gasteiger partial charge in [0.1, 0.15) is 0 Å². The molecule has 0 aliphatic carbocycles. The lowest BCUT2D eigenvalue weighted by atomic mass is 9.92. The van der Waals surface area contributed by atoms with Gasteiger partial charge in [-0.25, -0.2) is 0 Å². The molecule has 0 spiro atoms. The van der Waals surface area contributed by atoms with E-state index in [9.17, 15) is 31.4 Å². The summed E-state index contributed by atoms with van der Waals surface area (Å²) in [7, 11) is -2.38. The molecule has 0 saturated heterocycles. The van der Waals surface area contributed by atoms with E-state index in [0.29, 0.717) is 17.3 Å². The van der Waals surface area contributed by atoms with Crippen LogP contribution >= 0.6 is 11.1 Å². The lowest BCUT2D eigenvalue weighted by Gasteiger charge is -2.32. The molecular weight excluding hydrogens is 326 g/mol. The van der Waals surface area contributed by atoms with E-state index < -0.39 is 30.9 Å². The maximum atomic E-state index is 12.6. The van der Waals surface area contributed by atoms with Crippen molar-refractivity contribution in [3.63, 3.8) is 0 Å². The van der Waals surface area contributed by atoms with Crippen LogP contribution in [-0.4, -0.2) is 24.8 Å². The standard InChI is InChI=1S/C11H11ClF6OSi/c1-20(2,12)8-5-3-7(4-6-8)9(19,10(13,14)15)11(16,17)18/h3-6,19H,1-2H3. The van der Waals surface area contributed by atoms with Crippen LogP contribution in [0.5, 0.6) is 0 Å². The Kier molecular flexibility index (Phi) is 4.26. The van der Waals surface area contributed by atoms with Gasteiger partial charge in [-0.2, -0.15) is 37.4 Å². The fourth-order valence-corrected chi connectivity index (χ4v) is 2.93. The van der Waals surface area contributed by atoms with Gasteiger partial charge in [0.05, 0.1) is 0 Å². The molecule has 0 atom stereocenters. The molecule has 1 rings (SSSR count). The number of hydrogen-bond acceptors (Lipinski definition) is 1. The summed E-state index contributed by atoms with van der Waals surface area (Å²) in [5.41, 5.74) is -6.17. The van der Waals surface area contributed by atoms with Gasteiger partial charge in [0.2, 0.25) is 0 Å². The fraction of sp³-hybridized carbons (Fsp3) is 0.455. The molecule has 0 aromatic heterocycles. The van der Waals surface area contributed by atoms with E-state index in [4.69, 9.17) is 11.1 Å². The van der Waals surface area contributed by atoms with Gasteiger partial charge in [0, 0.05) is 5.56 Å². The normalized spacial score (nSPS) is 14.5. The van der Waals surface area contributed by atoms with Crippen molar-refractivity contribution in [3.05, 3.63) is 29.8 Å². The number of benzene rings is 1.